The van der Waals surface area contributed by atoms with Gasteiger partial charge in [0, 0.05) is 12.7 Å². The maximum Gasteiger partial charge on any atom is 0.321 e. The highest BCUT2D eigenvalue weighted by atomic mass is 32.2. The van der Waals surface area contributed by atoms with E-state index in [1.165, 1.54) is 19.2 Å². The summed E-state index contributed by atoms with van der Waals surface area (Å²) in [4.78, 5) is 25.5. The summed E-state index contributed by atoms with van der Waals surface area (Å²) in [5.41, 5.74) is 0.687. The lowest BCUT2D eigenvalue weighted by molar-refractivity contribution is -0.119. The summed E-state index contributed by atoms with van der Waals surface area (Å²) in [6.45, 7) is 3.64. The lowest BCUT2D eigenvalue weighted by Crippen LogP contribution is -2.41. The van der Waals surface area contributed by atoms with E-state index in [2.05, 4.69) is 20.8 Å². The normalized spacial score (nSPS) is 13.3. The van der Waals surface area contributed by atoms with E-state index in [0.29, 0.717) is 16.7 Å². The van der Waals surface area contributed by atoms with Crippen molar-refractivity contribution in [3.63, 3.8) is 0 Å². The lowest BCUT2D eigenvalue weighted by Gasteiger charge is -2.21. The van der Waals surface area contributed by atoms with Crippen LogP contribution in [0.1, 0.15) is 25.7 Å². The number of imide groups is 1. The third-order valence-corrected chi connectivity index (χ3v) is 5.05. The van der Waals surface area contributed by atoms with Gasteiger partial charge in [-0.15, -0.1) is 10.2 Å². The highest BCUT2D eigenvalue weighted by Crippen LogP contribution is 2.29. The molecule has 1 aromatic carbocycles. The predicted molar refractivity (Wildman–Crippen MR) is 101 cm³/mol. The molecule has 0 aliphatic rings. The molecule has 10 heteroatoms. The molecule has 2 unspecified atom stereocenters. The fourth-order valence-corrected chi connectivity index (χ4v) is 3.05. The van der Waals surface area contributed by atoms with E-state index < -0.39 is 17.2 Å². The van der Waals surface area contributed by atoms with Crippen molar-refractivity contribution in [1.82, 2.24) is 30.3 Å². The van der Waals surface area contributed by atoms with E-state index in [4.69, 9.17) is 0 Å². The number of nitrogens with one attached hydrogen (secondary N) is 2. The molecule has 2 rings (SSSR count). The molecule has 2 aromatic rings. The van der Waals surface area contributed by atoms with Gasteiger partial charge < -0.3 is 5.32 Å². The summed E-state index contributed by atoms with van der Waals surface area (Å²) in [6.07, 6.45) is 0. The number of aromatic nitrogens is 3. The Morgan fingerprint density at radius 1 is 1.19 bits per heavy atom. The third kappa shape index (κ3) is 5.04. The van der Waals surface area contributed by atoms with Gasteiger partial charge >= 0.3 is 6.03 Å². The Balaban J connectivity index is 2.37. The van der Waals surface area contributed by atoms with E-state index in [1.54, 1.807) is 23.6 Å². The molecule has 0 fully saturated rings. The first kappa shape index (κ1) is 20.8. The molecule has 0 aliphatic carbocycles. The lowest BCUT2D eigenvalue weighted by atomic mass is 10.2. The maximum atomic E-state index is 13.3. The Morgan fingerprint density at radius 2 is 1.81 bits per heavy atom. The zero-order chi connectivity index (χ0) is 20.1. The minimum absolute atomic E-state index is 0.0631. The van der Waals surface area contributed by atoms with Crippen LogP contribution in [0.3, 0.4) is 0 Å². The molecule has 0 spiro atoms. The molecule has 2 atom stereocenters. The maximum absolute atomic E-state index is 13.3. The topological polar surface area (TPSA) is 92.2 Å². The van der Waals surface area contributed by atoms with E-state index in [1.807, 2.05) is 25.9 Å². The van der Waals surface area contributed by atoms with Crippen LogP contribution in [0.25, 0.3) is 5.69 Å². The van der Waals surface area contributed by atoms with Gasteiger partial charge in [0.05, 0.1) is 11.3 Å². The quantitative estimate of drug-likeness (QED) is 0.728. The SMILES string of the molecule is CNC(=O)NC(=O)C(C)Sc1nnc(C(C)N(C)C)n1-c1ccc(F)cc1. The molecule has 0 radical (unpaired) electrons. The monoisotopic (exact) mass is 394 g/mol. The van der Waals surface area contributed by atoms with Gasteiger partial charge in [0.1, 0.15) is 5.82 Å². The molecule has 3 amide bonds. The van der Waals surface area contributed by atoms with Crippen LogP contribution < -0.4 is 10.6 Å². The minimum atomic E-state index is -0.590. The number of urea groups is 1. The highest BCUT2D eigenvalue weighted by Gasteiger charge is 2.25. The number of nitrogens with zero attached hydrogens (tertiary/aromatic N) is 4. The number of thioether (sulfide) groups is 1. The van der Waals surface area contributed by atoms with Crippen LogP contribution in [-0.4, -0.2) is 58.0 Å². The zero-order valence-corrected chi connectivity index (χ0v) is 16.7. The Morgan fingerprint density at radius 3 is 2.37 bits per heavy atom. The number of hydrogen-bond acceptors (Lipinski definition) is 6. The summed E-state index contributed by atoms with van der Waals surface area (Å²) in [6, 6.07) is 5.33. The van der Waals surface area contributed by atoms with Crippen LogP contribution in [0.2, 0.25) is 0 Å². The van der Waals surface area contributed by atoms with Gasteiger partial charge in [0.2, 0.25) is 5.91 Å². The second-order valence-corrected chi connectivity index (χ2v) is 7.43. The fraction of sp³-hybridized carbons (Fsp3) is 0.412. The molecule has 27 heavy (non-hydrogen) atoms. The second-order valence-electron chi connectivity index (χ2n) is 6.12. The predicted octanol–water partition coefficient (Wildman–Crippen LogP) is 1.97. The van der Waals surface area contributed by atoms with E-state index >= 15 is 0 Å². The van der Waals surface area contributed by atoms with Crippen LogP contribution in [0.5, 0.6) is 0 Å². The standard InChI is InChI=1S/C17H23FN6O2S/c1-10(23(4)5)14-21-22-17(24(14)13-8-6-12(18)7-9-13)27-11(2)15(25)20-16(26)19-3/h6-11H,1-5H3,(H2,19,20,25,26). The van der Waals surface area contributed by atoms with Gasteiger partial charge in [0.25, 0.3) is 0 Å². The van der Waals surface area contributed by atoms with E-state index in [9.17, 15) is 14.0 Å². The molecule has 0 saturated heterocycles. The number of benzene rings is 1. The van der Waals surface area contributed by atoms with Gasteiger partial charge in [0.15, 0.2) is 11.0 Å². The van der Waals surface area contributed by atoms with Crippen LogP contribution in [-0.2, 0) is 4.79 Å². The van der Waals surface area contributed by atoms with Crippen molar-refractivity contribution in [1.29, 1.82) is 0 Å². The van der Waals surface area contributed by atoms with Gasteiger partial charge in [-0.25, -0.2) is 9.18 Å². The Hall–Kier alpha value is -2.46. The number of hydrogen-bond donors (Lipinski definition) is 2. The Bertz CT molecular complexity index is 808. The van der Waals surface area contributed by atoms with Crippen LogP contribution in [0.4, 0.5) is 9.18 Å². The number of halogens is 1. The van der Waals surface area contributed by atoms with E-state index in [-0.39, 0.29) is 11.9 Å². The number of rotatable bonds is 6. The van der Waals surface area contributed by atoms with Gasteiger partial charge in [-0.05, 0) is 52.2 Å². The first-order valence-corrected chi connectivity index (χ1v) is 9.19. The number of carbonyl (C=O) groups excluding carboxylic acids is 2. The molecule has 2 N–H and O–H groups in total. The Labute approximate surface area is 161 Å². The molecule has 8 nitrogen and oxygen atoms in total. The first-order valence-electron chi connectivity index (χ1n) is 8.31. The fourth-order valence-electron chi connectivity index (χ4n) is 2.18. The molecule has 0 aliphatic heterocycles. The molecule has 146 valence electrons. The summed E-state index contributed by atoms with van der Waals surface area (Å²) in [7, 11) is 5.27. The van der Waals surface area contributed by atoms with Crippen molar-refractivity contribution in [3.05, 3.63) is 35.9 Å². The smallest absolute Gasteiger partial charge is 0.321 e. The second kappa shape index (κ2) is 8.96. The van der Waals surface area contributed by atoms with Gasteiger partial charge in [-0.3, -0.25) is 19.6 Å². The van der Waals surface area contributed by atoms with Crippen LogP contribution in [0, 0.1) is 5.82 Å². The zero-order valence-electron chi connectivity index (χ0n) is 15.9. The first-order chi connectivity index (χ1) is 12.7. The van der Waals surface area contributed by atoms with Crippen molar-refractivity contribution < 1.29 is 14.0 Å². The number of carbonyl (C=O) groups is 2. The third-order valence-electron chi connectivity index (χ3n) is 4.01. The van der Waals surface area contributed by atoms with Crippen LogP contribution >= 0.6 is 11.8 Å². The summed E-state index contributed by atoms with van der Waals surface area (Å²) < 4.78 is 15.1. The van der Waals surface area contributed by atoms with Gasteiger partial charge in [-0.2, -0.15) is 0 Å². The molecular weight excluding hydrogens is 371 g/mol. The molecule has 0 bridgehead atoms. The largest absolute Gasteiger partial charge is 0.341 e. The molecule has 1 heterocycles. The molecule has 0 saturated carbocycles. The van der Waals surface area contributed by atoms with Crippen molar-refractivity contribution in [3.8, 4) is 5.69 Å². The van der Waals surface area contributed by atoms with Gasteiger partial charge in [-0.1, -0.05) is 11.8 Å². The van der Waals surface area contributed by atoms with Crippen LogP contribution in [0.15, 0.2) is 29.4 Å². The number of amides is 3. The van der Waals surface area contributed by atoms with Crippen molar-refractivity contribution in [2.45, 2.75) is 30.3 Å². The molecular formula is C17H23FN6O2S. The summed E-state index contributed by atoms with van der Waals surface area (Å²) in [5.74, 6) is -0.134. The minimum Gasteiger partial charge on any atom is -0.341 e. The summed E-state index contributed by atoms with van der Waals surface area (Å²) in [5, 5.41) is 12.9. The van der Waals surface area contributed by atoms with Crippen molar-refractivity contribution >= 4 is 23.7 Å². The Kier molecular flexibility index (Phi) is 6.92. The highest BCUT2D eigenvalue weighted by molar-refractivity contribution is 8.00. The summed E-state index contributed by atoms with van der Waals surface area (Å²) >= 11 is 1.16. The average molecular weight is 394 g/mol. The van der Waals surface area contributed by atoms with E-state index in [0.717, 1.165) is 11.8 Å². The van der Waals surface area contributed by atoms with Crippen molar-refractivity contribution in [2.24, 2.45) is 0 Å². The average Bonchev–Trinajstić information content (AvgIpc) is 3.04. The van der Waals surface area contributed by atoms with Crippen molar-refractivity contribution in [2.75, 3.05) is 21.1 Å². The molecule has 1 aromatic heterocycles.